The Kier molecular flexibility index (Phi) is 4.21. The van der Waals surface area contributed by atoms with E-state index in [1.165, 1.54) is 6.07 Å². The molecule has 1 N–H and O–H groups in total. The normalized spacial score (nSPS) is 11.3. The van der Waals surface area contributed by atoms with Crippen LogP contribution in [0.4, 0.5) is 4.39 Å². The van der Waals surface area contributed by atoms with E-state index in [0.29, 0.717) is 16.9 Å². The number of nitrogens with zero attached hydrogens (tertiary/aromatic N) is 4. The lowest BCUT2D eigenvalue weighted by atomic mass is 9.92. The number of nitrogens with one attached hydrogen (secondary N) is 1. The Morgan fingerprint density at radius 1 is 0.719 bits per heavy atom. The molecule has 2 aromatic carbocycles. The molecule has 6 heteroatoms. The highest BCUT2D eigenvalue weighted by Crippen LogP contribution is 2.38. The second-order valence-electron chi connectivity index (χ2n) is 7.48. The number of rotatable bonds is 3. The third kappa shape index (κ3) is 2.93. The minimum absolute atomic E-state index is 0.314. The molecule has 6 rings (SSSR count). The van der Waals surface area contributed by atoms with Crippen LogP contribution in [-0.2, 0) is 0 Å². The zero-order chi connectivity index (χ0) is 21.5. The highest BCUT2D eigenvalue weighted by Gasteiger charge is 2.16. The molecule has 0 aliphatic heterocycles. The predicted octanol–water partition coefficient (Wildman–Crippen LogP) is 6.04. The van der Waals surface area contributed by atoms with E-state index in [9.17, 15) is 4.39 Å². The largest absolute Gasteiger partial charge is 0.285 e. The Hall–Kier alpha value is -4.45. The smallest absolute Gasteiger partial charge is 0.160 e. The van der Waals surface area contributed by atoms with Gasteiger partial charge in [0.1, 0.15) is 5.82 Å². The van der Waals surface area contributed by atoms with Crippen molar-refractivity contribution in [3.63, 3.8) is 0 Å². The standard InChI is InChI=1S/C26H16FN5/c27-24-6-2-1-4-21(24)25-12-22(20-5-3-10-29-26(20)32-25)18-8-7-17(16-13-30-31-14-16)23-15-28-11-9-19(18)23/h1-15H,(H,30,31). The average Bonchev–Trinajstić information content (AvgIpc) is 3.38. The van der Waals surface area contributed by atoms with Crippen LogP contribution in [0.2, 0.25) is 0 Å². The number of pyridine rings is 3. The first-order valence-electron chi connectivity index (χ1n) is 10.2. The van der Waals surface area contributed by atoms with Gasteiger partial charge in [-0.3, -0.25) is 10.1 Å². The van der Waals surface area contributed by atoms with Crippen LogP contribution in [0.25, 0.3) is 55.3 Å². The Balaban J connectivity index is 1.67. The third-order valence-electron chi connectivity index (χ3n) is 5.65. The van der Waals surface area contributed by atoms with Crippen LogP contribution in [0.5, 0.6) is 0 Å². The first kappa shape index (κ1) is 18.3. The maximum atomic E-state index is 14.6. The third-order valence-corrected chi connectivity index (χ3v) is 5.65. The number of fused-ring (bicyclic) bond motifs is 2. The van der Waals surface area contributed by atoms with E-state index in [4.69, 9.17) is 0 Å². The Bertz CT molecular complexity index is 1590. The van der Waals surface area contributed by atoms with E-state index in [1.54, 1.807) is 30.7 Å². The van der Waals surface area contributed by atoms with Crippen LogP contribution in [0.15, 0.2) is 91.6 Å². The van der Waals surface area contributed by atoms with Crippen LogP contribution < -0.4 is 0 Å². The van der Waals surface area contributed by atoms with Gasteiger partial charge in [0, 0.05) is 46.7 Å². The van der Waals surface area contributed by atoms with Gasteiger partial charge < -0.3 is 0 Å². The van der Waals surface area contributed by atoms with E-state index < -0.39 is 0 Å². The number of aromatic amines is 1. The van der Waals surface area contributed by atoms with Gasteiger partial charge in [-0.25, -0.2) is 14.4 Å². The predicted molar refractivity (Wildman–Crippen MR) is 123 cm³/mol. The van der Waals surface area contributed by atoms with E-state index in [0.717, 1.165) is 38.4 Å². The fourth-order valence-electron chi connectivity index (χ4n) is 4.16. The number of halogens is 1. The molecule has 0 saturated heterocycles. The number of hydrogen-bond donors (Lipinski definition) is 1. The second-order valence-corrected chi connectivity index (χ2v) is 7.48. The van der Waals surface area contributed by atoms with Gasteiger partial charge in [-0.15, -0.1) is 0 Å². The molecule has 0 unspecified atom stereocenters. The quantitative estimate of drug-likeness (QED) is 0.381. The molecule has 32 heavy (non-hydrogen) atoms. The molecule has 0 amide bonds. The van der Waals surface area contributed by atoms with Gasteiger partial charge in [0.15, 0.2) is 5.65 Å². The zero-order valence-corrected chi connectivity index (χ0v) is 16.8. The van der Waals surface area contributed by atoms with Gasteiger partial charge in [-0.1, -0.05) is 24.3 Å². The second kappa shape index (κ2) is 7.35. The lowest BCUT2D eigenvalue weighted by molar-refractivity contribution is 0.631. The van der Waals surface area contributed by atoms with E-state index in [2.05, 4.69) is 37.3 Å². The molecule has 0 saturated carbocycles. The number of H-pyrrole nitrogens is 1. The Morgan fingerprint density at radius 2 is 1.62 bits per heavy atom. The Labute approximate surface area is 182 Å². The van der Waals surface area contributed by atoms with E-state index in [-0.39, 0.29) is 5.82 Å². The summed E-state index contributed by atoms with van der Waals surface area (Å²) in [7, 11) is 0. The van der Waals surface area contributed by atoms with Gasteiger partial charge >= 0.3 is 0 Å². The summed E-state index contributed by atoms with van der Waals surface area (Å²) >= 11 is 0. The van der Waals surface area contributed by atoms with Crippen molar-refractivity contribution in [2.24, 2.45) is 0 Å². The van der Waals surface area contributed by atoms with Crippen molar-refractivity contribution in [1.82, 2.24) is 25.1 Å². The topological polar surface area (TPSA) is 67.3 Å². The molecular weight excluding hydrogens is 401 g/mol. The molecule has 0 aliphatic carbocycles. The number of hydrogen-bond acceptors (Lipinski definition) is 4. The summed E-state index contributed by atoms with van der Waals surface area (Å²) in [4.78, 5) is 13.5. The van der Waals surface area contributed by atoms with Crippen molar-refractivity contribution in [3.05, 3.63) is 97.5 Å². The molecule has 4 heterocycles. The molecule has 0 aliphatic rings. The molecule has 0 radical (unpaired) electrons. The Morgan fingerprint density at radius 3 is 2.50 bits per heavy atom. The van der Waals surface area contributed by atoms with E-state index in [1.807, 2.05) is 42.7 Å². The summed E-state index contributed by atoms with van der Waals surface area (Å²) in [6.07, 6.45) is 9.01. The maximum absolute atomic E-state index is 14.6. The van der Waals surface area contributed by atoms with Gasteiger partial charge in [0.05, 0.1) is 11.9 Å². The van der Waals surface area contributed by atoms with Crippen LogP contribution in [0.1, 0.15) is 0 Å². The highest BCUT2D eigenvalue weighted by molar-refractivity contribution is 6.08. The summed E-state index contributed by atoms with van der Waals surface area (Å²) in [5, 5.41) is 9.90. The molecular formula is C26H16FN5. The van der Waals surface area contributed by atoms with Crippen LogP contribution >= 0.6 is 0 Å². The van der Waals surface area contributed by atoms with Crippen molar-refractivity contribution >= 4 is 21.8 Å². The van der Waals surface area contributed by atoms with Crippen LogP contribution in [0.3, 0.4) is 0 Å². The van der Waals surface area contributed by atoms with Gasteiger partial charge in [-0.2, -0.15) is 5.10 Å². The van der Waals surface area contributed by atoms with Crippen molar-refractivity contribution in [1.29, 1.82) is 0 Å². The molecule has 0 atom stereocenters. The summed E-state index contributed by atoms with van der Waals surface area (Å²) in [5.41, 5.74) is 5.54. The fourth-order valence-corrected chi connectivity index (χ4v) is 4.16. The van der Waals surface area contributed by atoms with Crippen molar-refractivity contribution in [2.45, 2.75) is 0 Å². The molecule has 6 aromatic rings. The first-order chi connectivity index (χ1) is 15.8. The average molecular weight is 417 g/mol. The van der Waals surface area contributed by atoms with Gasteiger partial charge in [0.25, 0.3) is 0 Å². The van der Waals surface area contributed by atoms with Crippen LogP contribution in [-0.4, -0.2) is 25.1 Å². The molecule has 152 valence electrons. The molecule has 0 fully saturated rings. The summed E-state index contributed by atoms with van der Waals surface area (Å²) in [6, 6.07) is 18.6. The van der Waals surface area contributed by atoms with Crippen molar-refractivity contribution in [3.8, 4) is 33.5 Å². The van der Waals surface area contributed by atoms with E-state index >= 15 is 0 Å². The minimum Gasteiger partial charge on any atom is -0.285 e. The van der Waals surface area contributed by atoms with Gasteiger partial charge in [0.2, 0.25) is 0 Å². The zero-order valence-electron chi connectivity index (χ0n) is 16.8. The fraction of sp³-hybridized carbons (Fsp3) is 0. The van der Waals surface area contributed by atoms with Crippen LogP contribution in [0, 0.1) is 5.82 Å². The summed E-state index contributed by atoms with van der Waals surface area (Å²) < 4.78 is 14.6. The number of aromatic nitrogens is 5. The summed E-state index contributed by atoms with van der Waals surface area (Å²) in [6.45, 7) is 0. The SMILES string of the molecule is Fc1ccccc1-c1cc(-c2ccc(-c3cn[nH]c3)c3cnccc23)c2cccnc2n1. The molecule has 0 spiro atoms. The highest BCUT2D eigenvalue weighted by atomic mass is 19.1. The lowest BCUT2D eigenvalue weighted by Crippen LogP contribution is -1.94. The molecule has 5 nitrogen and oxygen atoms in total. The summed E-state index contributed by atoms with van der Waals surface area (Å²) in [5.74, 6) is -0.314. The van der Waals surface area contributed by atoms with Crippen molar-refractivity contribution in [2.75, 3.05) is 0 Å². The number of benzene rings is 2. The first-order valence-corrected chi connectivity index (χ1v) is 10.2. The minimum atomic E-state index is -0.314. The lowest BCUT2D eigenvalue weighted by Gasteiger charge is -2.14. The molecule has 4 aromatic heterocycles. The monoisotopic (exact) mass is 417 g/mol. The molecule has 0 bridgehead atoms. The van der Waals surface area contributed by atoms with Crippen molar-refractivity contribution < 1.29 is 4.39 Å². The maximum Gasteiger partial charge on any atom is 0.160 e. The van der Waals surface area contributed by atoms with Gasteiger partial charge in [-0.05, 0) is 58.5 Å².